The molecule has 0 atom stereocenters. The van der Waals surface area contributed by atoms with E-state index in [9.17, 15) is 8.78 Å². The van der Waals surface area contributed by atoms with Gasteiger partial charge >= 0.3 is 0 Å². The van der Waals surface area contributed by atoms with Gasteiger partial charge in [-0.3, -0.25) is 4.68 Å². The van der Waals surface area contributed by atoms with Gasteiger partial charge < -0.3 is 4.74 Å². The Morgan fingerprint density at radius 3 is 2.38 bits per heavy atom. The van der Waals surface area contributed by atoms with Crippen LogP contribution in [0.15, 0.2) is 42.5 Å². The summed E-state index contributed by atoms with van der Waals surface area (Å²) in [6.07, 6.45) is 1.67. The van der Waals surface area contributed by atoms with Crippen LogP contribution in [0.4, 0.5) is 8.78 Å². The quantitative estimate of drug-likeness (QED) is 0.481. The van der Waals surface area contributed by atoms with Crippen LogP contribution in [0.1, 0.15) is 19.0 Å². The van der Waals surface area contributed by atoms with E-state index in [1.54, 1.807) is 28.9 Å². The van der Waals surface area contributed by atoms with Crippen LogP contribution in [-0.4, -0.2) is 26.9 Å². The van der Waals surface area contributed by atoms with Gasteiger partial charge in [-0.1, -0.05) is 13.3 Å². The molecule has 0 fully saturated rings. The predicted octanol–water partition coefficient (Wildman–Crippen LogP) is 4.94. The summed E-state index contributed by atoms with van der Waals surface area (Å²) in [7, 11) is 3.25. The number of benzene rings is 2. The Morgan fingerprint density at radius 1 is 1.00 bits per heavy atom. The number of aryl methyl sites for hydroxylation is 2. The van der Waals surface area contributed by atoms with Gasteiger partial charge in [0.05, 0.1) is 12.8 Å². The molecular weight excluding hydrogens is 374 g/mol. The van der Waals surface area contributed by atoms with Crippen LogP contribution in [0.2, 0.25) is 0 Å². The Balaban J connectivity index is 2.00. The largest absolute Gasteiger partial charge is 0.494 e. The lowest BCUT2D eigenvalue weighted by molar-refractivity contribution is 0.386. The first kappa shape index (κ1) is 19.0. The normalized spacial score (nSPS) is 11.2. The first-order valence-corrected chi connectivity index (χ1v) is 9.35. The standard InChI is InChI=1S/C22H20F2N4O/c1-4-5-17-20-21(28(2)27-17)19(14-8-11-18(29-3)16(24)12-14)25-22(26-20)13-6-9-15(23)10-7-13/h6-12H,4-5H2,1-3H3. The second-order valence-electron chi connectivity index (χ2n) is 6.77. The summed E-state index contributed by atoms with van der Waals surface area (Å²) in [5, 5.41) is 4.61. The maximum atomic E-state index is 14.4. The van der Waals surface area contributed by atoms with E-state index in [1.165, 1.54) is 25.3 Å². The highest BCUT2D eigenvalue weighted by Gasteiger charge is 2.19. The zero-order valence-corrected chi connectivity index (χ0v) is 16.4. The van der Waals surface area contributed by atoms with Crippen molar-refractivity contribution in [3.63, 3.8) is 0 Å². The van der Waals surface area contributed by atoms with Gasteiger partial charge in [0.1, 0.15) is 22.5 Å². The molecule has 0 aliphatic rings. The van der Waals surface area contributed by atoms with Crippen LogP contribution in [0, 0.1) is 11.6 Å². The van der Waals surface area contributed by atoms with E-state index in [2.05, 4.69) is 12.0 Å². The maximum Gasteiger partial charge on any atom is 0.165 e. The lowest BCUT2D eigenvalue weighted by atomic mass is 10.1. The Hall–Kier alpha value is -3.35. The van der Waals surface area contributed by atoms with Gasteiger partial charge in [-0.15, -0.1) is 0 Å². The molecule has 0 saturated heterocycles. The molecule has 0 saturated carbocycles. The molecule has 0 radical (unpaired) electrons. The summed E-state index contributed by atoms with van der Waals surface area (Å²) in [6, 6.07) is 10.7. The highest BCUT2D eigenvalue weighted by molar-refractivity contribution is 5.92. The van der Waals surface area contributed by atoms with E-state index in [1.807, 2.05) is 7.05 Å². The van der Waals surface area contributed by atoms with Gasteiger partial charge in [-0.25, -0.2) is 18.7 Å². The molecule has 29 heavy (non-hydrogen) atoms. The smallest absolute Gasteiger partial charge is 0.165 e. The number of fused-ring (bicyclic) bond motifs is 1. The molecule has 148 valence electrons. The summed E-state index contributed by atoms with van der Waals surface area (Å²) in [5.74, 6) is -0.208. The van der Waals surface area contributed by atoms with Crippen LogP contribution >= 0.6 is 0 Å². The number of rotatable bonds is 5. The number of aromatic nitrogens is 4. The molecule has 0 amide bonds. The van der Waals surface area contributed by atoms with Crippen molar-refractivity contribution < 1.29 is 13.5 Å². The number of nitrogens with zero attached hydrogens (tertiary/aromatic N) is 4. The highest BCUT2D eigenvalue weighted by Crippen LogP contribution is 2.32. The lowest BCUT2D eigenvalue weighted by Gasteiger charge is -2.09. The van der Waals surface area contributed by atoms with Crippen molar-refractivity contribution in [2.45, 2.75) is 19.8 Å². The number of hydrogen-bond acceptors (Lipinski definition) is 4. The van der Waals surface area contributed by atoms with Crippen LogP contribution < -0.4 is 4.74 Å². The van der Waals surface area contributed by atoms with E-state index in [4.69, 9.17) is 14.7 Å². The van der Waals surface area contributed by atoms with Gasteiger partial charge in [0.25, 0.3) is 0 Å². The summed E-state index contributed by atoms with van der Waals surface area (Å²) in [4.78, 5) is 9.42. The maximum absolute atomic E-state index is 14.4. The van der Waals surface area contributed by atoms with Crippen LogP contribution in [0.3, 0.4) is 0 Å². The third-order valence-electron chi connectivity index (χ3n) is 4.77. The van der Waals surface area contributed by atoms with E-state index >= 15 is 0 Å². The van der Waals surface area contributed by atoms with E-state index in [-0.39, 0.29) is 11.6 Å². The van der Waals surface area contributed by atoms with E-state index in [0.29, 0.717) is 22.6 Å². The van der Waals surface area contributed by atoms with Gasteiger partial charge in [-0.2, -0.15) is 5.10 Å². The minimum Gasteiger partial charge on any atom is -0.494 e. The predicted molar refractivity (Wildman–Crippen MR) is 108 cm³/mol. The minimum absolute atomic E-state index is 0.162. The van der Waals surface area contributed by atoms with Crippen molar-refractivity contribution in [2.75, 3.05) is 7.11 Å². The molecule has 4 aromatic rings. The van der Waals surface area contributed by atoms with Crippen molar-refractivity contribution in [1.82, 2.24) is 19.7 Å². The molecule has 0 aliphatic heterocycles. The third kappa shape index (κ3) is 3.44. The highest BCUT2D eigenvalue weighted by atomic mass is 19.1. The molecule has 2 heterocycles. The number of methoxy groups -OCH3 is 1. The first-order valence-electron chi connectivity index (χ1n) is 9.35. The lowest BCUT2D eigenvalue weighted by Crippen LogP contribution is -1.99. The molecule has 0 aliphatic carbocycles. The Morgan fingerprint density at radius 2 is 1.72 bits per heavy atom. The summed E-state index contributed by atoms with van der Waals surface area (Å²) < 4.78 is 34.5. The Labute approximate surface area is 167 Å². The van der Waals surface area contributed by atoms with Gasteiger partial charge in [0.15, 0.2) is 17.4 Å². The van der Waals surface area contributed by atoms with Crippen LogP contribution in [0.5, 0.6) is 5.75 Å². The average Bonchev–Trinajstić information content (AvgIpc) is 3.03. The van der Waals surface area contributed by atoms with Crippen molar-refractivity contribution in [3.8, 4) is 28.4 Å². The monoisotopic (exact) mass is 394 g/mol. The zero-order chi connectivity index (χ0) is 20.5. The molecule has 2 aromatic heterocycles. The zero-order valence-electron chi connectivity index (χ0n) is 16.4. The fraction of sp³-hybridized carbons (Fsp3) is 0.227. The van der Waals surface area contributed by atoms with Crippen molar-refractivity contribution >= 4 is 11.0 Å². The van der Waals surface area contributed by atoms with Gasteiger partial charge in [0, 0.05) is 18.2 Å². The summed E-state index contributed by atoms with van der Waals surface area (Å²) in [5.41, 5.74) is 4.12. The molecular formula is C22H20F2N4O. The van der Waals surface area contributed by atoms with E-state index in [0.717, 1.165) is 29.6 Å². The Bertz CT molecular complexity index is 1190. The Kier molecular flexibility index (Phi) is 4.96. The molecule has 0 unspecified atom stereocenters. The number of ether oxygens (including phenoxy) is 1. The molecule has 4 rings (SSSR count). The molecule has 2 aromatic carbocycles. The van der Waals surface area contributed by atoms with Crippen molar-refractivity contribution in [3.05, 3.63) is 59.8 Å². The molecule has 0 spiro atoms. The fourth-order valence-corrected chi connectivity index (χ4v) is 3.39. The number of hydrogen-bond donors (Lipinski definition) is 0. The minimum atomic E-state index is -0.476. The van der Waals surface area contributed by atoms with Crippen molar-refractivity contribution in [1.29, 1.82) is 0 Å². The molecule has 5 nitrogen and oxygen atoms in total. The molecule has 0 N–H and O–H groups in total. The molecule has 7 heteroatoms. The second kappa shape index (κ2) is 7.58. The first-order chi connectivity index (χ1) is 14.0. The van der Waals surface area contributed by atoms with Crippen molar-refractivity contribution in [2.24, 2.45) is 7.05 Å². The third-order valence-corrected chi connectivity index (χ3v) is 4.77. The van der Waals surface area contributed by atoms with Crippen LogP contribution in [-0.2, 0) is 13.5 Å². The summed E-state index contributed by atoms with van der Waals surface area (Å²) in [6.45, 7) is 2.07. The van der Waals surface area contributed by atoms with Crippen LogP contribution in [0.25, 0.3) is 33.7 Å². The number of halogens is 2. The van der Waals surface area contributed by atoms with Gasteiger partial charge in [0.2, 0.25) is 0 Å². The van der Waals surface area contributed by atoms with E-state index < -0.39 is 5.82 Å². The summed E-state index contributed by atoms with van der Waals surface area (Å²) >= 11 is 0. The molecule has 0 bridgehead atoms. The topological polar surface area (TPSA) is 52.8 Å². The van der Waals surface area contributed by atoms with Gasteiger partial charge in [-0.05, 0) is 48.9 Å². The average molecular weight is 394 g/mol. The second-order valence-corrected chi connectivity index (χ2v) is 6.77. The fourth-order valence-electron chi connectivity index (χ4n) is 3.39. The SMILES string of the molecule is CCCc1nn(C)c2c(-c3ccc(OC)c(F)c3)nc(-c3ccc(F)cc3)nc12.